The number of amides is 3. The van der Waals surface area contributed by atoms with Crippen LogP contribution >= 0.6 is 0 Å². The molecule has 0 radical (unpaired) electrons. The molecule has 1 aliphatic heterocycles. The van der Waals surface area contributed by atoms with Crippen molar-refractivity contribution >= 4 is 17.7 Å². The van der Waals surface area contributed by atoms with Gasteiger partial charge in [0.2, 0.25) is 11.8 Å². The van der Waals surface area contributed by atoms with Crippen molar-refractivity contribution in [3.8, 4) is 0 Å². The molecule has 1 aromatic heterocycles. The Bertz CT molecular complexity index is 736. The Kier molecular flexibility index (Phi) is 6.70. The summed E-state index contributed by atoms with van der Waals surface area (Å²) in [5, 5.41) is 10.1. The van der Waals surface area contributed by atoms with Crippen molar-refractivity contribution in [3.63, 3.8) is 0 Å². The summed E-state index contributed by atoms with van der Waals surface area (Å²) >= 11 is 0. The largest absolute Gasteiger partial charge is 0.354 e. The molecule has 2 aliphatic rings. The van der Waals surface area contributed by atoms with Crippen LogP contribution in [0, 0.1) is 5.92 Å². The molecule has 0 aromatic carbocycles. The molecule has 3 amide bonds. The number of carbonyl (C=O) groups is 3. The quantitative estimate of drug-likeness (QED) is 0.765. The predicted molar refractivity (Wildman–Crippen MR) is 105 cm³/mol. The third-order valence-electron chi connectivity index (χ3n) is 5.87. The Morgan fingerprint density at radius 2 is 1.93 bits per heavy atom. The molecule has 0 bridgehead atoms. The Morgan fingerprint density at radius 1 is 1.18 bits per heavy atom. The molecule has 1 aromatic rings. The first-order valence-electron chi connectivity index (χ1n) is 10.3. The molecule has 0 atom stereocenters. The fraction of sp³-hybridized carbons (Fsp3) is 0.700. The lowest BCUT2D eigenvalue weighted by Gasteiger charge is -2.26. The fourth-order valence-electron chi connectivity index (χ4n) is 4.27. The Balaban J connectivity index is 1.61. The lowest BCUT2D eigenvalue weighted by molar-refractivity contribution is -0.129. The van der Waals surface area contributed by atoms with Crippen LogP contribution in [0.4, 0.5) is 0 Å². The third-order valence-corrected chi connectivity index (χ3v) is 5.87. The summed E-state index contributed by atoms with van der Waals surface area (Å²) in [6, 6.07) is 0. The molecule has 1 fully saturated rings. The Labute approximate surface area is 166 Å². The normalized spacial score (nSPS) is 17.1. The van der Waals surface area contributed by atoms with Crippen molar-refractivity contribution in [2.45, 2.75) is 65.0 Å². The molecule has 2 heterocycles. The molecule has 28 heavy (non-hydrogen) atoms. The van der Waals surface area contributed by atoms with Gasteiger partial charge in [-0.05, 0) is 18.8 Å². The van der Waals surface area contributed by atoms with Gasteiger partial charge in [-0.15, -0.1) is 0 Å². The van der Waals surface area contributed by atoms with Crippen LogP contribution in [0.1, 0.15) is 67.2 Å². The molecule has 0 unspecified atom stereocenters. The summed E-state index contributed by atoms with van der Waals surface area (Å²) in [7, 11) is 1.57. The number of carbonyl (C=O) groups excluding carboxylic acids is 3. The van der Waals surface area contributed by atoms with Crippen LogP contribution in [0.15, 0.2) is 0 Å². The van der Waals surface area contributed by atoms with E-state index in [0.29, 0.717) is 50.6 Å². The number of hydrogen-bond acceptors (Lipinski definition) is 4. The first-order valence-corrected chi connectivity index (χ1v) is 10.3. The maximum Gasteiger partial charge on any atom is 0.271 e. The standard InChI is InChI=1S/C20H31N5O3/c1-14(26)24-10-8-17-16(13-24)19(20(28)21-2)23-25(17)11-9-22-18(27)12-15-6-4-3-5-7-15/h15H,3-13H2,1-2H3,(H,21,28)(H,22,27). The molecule has 1 aliphatic carbocycles. The van der Waals surface area contributed by atoms with E-state index in [9.17, 15) is 14.4 Å². The van der Waals surface area contributed by atoms with Crippen molar-refractivity contribution < 1.29 is 14.4 Å². The SMILES string of the molecule is CNC(=O)c1nn(CCNC(=O)CC2CCCCC2)c2c1CN(C(C)=O)CC2. The molecule has 8 nitrogen and oxygen atoms in total. The lowest BCUT2D eigenvalue weighted by Crippen LogP contribution is -2.36. The molecular formula is C20H31N5O3. The molecule has 0 spiro atoms. The molecule has 8 heteroatoms. The zero-order valence-corrected chi connectivity index (χ0v) is 16.9. The third kappa shape index (κ3) is 4.72. The number of fused-ring (bicyclic) bond motifs is 1. The van der Waals surface area contributed by atoms with Crippen LogP contribution in [-0.4, -0.2) is 52.5 Å². The monoisotopic (exact) mass is 389 g/mol. The minimum Gasteiger partial charge on any atom is -0.354 e. The van der Waals surface area contributed by atoms with Crippen molar-refractivity contribution in [2.24, 2.45) is 5.92 Å². The number of hydrogen-bond donors (Lipinski definition) is 2. The zero-order valence-electron chi connectivity index (χ0n) is 16.9. The minimum absolute atomic E-state index is 0.00349. The lowest BCUT2D eigenvalue weighted by atomic mass is 9.87. The zero-order chi connectivity index (χ0) is 20.1. The van der Waals surface area contributed by atoms with Gasteiger partial charge in [-0.2, -0.15) is 5.10 Å². The van der Waals surface area contributed by atoms with Crippen LogP contribution in [0.25, 0.3) is 0 Å². The van der Waals surface area contributed by atoms with Crippen LogP contribution in [0.5, 0.6) is 0 Å². The van der Waals surface area contributed by atoms with Crippen molar-refractivity contribution in [3.05, 3.63) is 17.0 Å². The summed E-state index contributed by atoms with van der Waals surface area (Å²) < 4.78 is 1.82. The summed E-state index contributed by atoms with van der Waals surface area (Å²) in [4.78, 5) is 37.9. The van der Waals surface area contributed by atoms with Crippen LogP contribution in [-0.2, 0) is 29.1 Å². The summed E-state index contributed by atoms with van der Waals surface area (Å²) in [5.74, 6) is 0.365. The molecule has 0 saturated heterocycles. The van der Waals surface area contributed by atoms with E-state index < -0.39 is 0 Å². The highest BCUT2D eigenvalue weighted by Gasteiger charge is 2.28. The molecule has 1 saturated carbocycles. The Morgan fingerprint density at radius 3 is 2.61 bits per heavy atom. The van der Waals surface area contributed by atoms with E-state index in [4.69, 9.17) is 0 Å². The second kappa shape index (κ2) is 9.21. The van der Waals surface area contributed by atoms with Gasteiger partial charge in [-0.3, -0.25) is 19.1 Å². The van der Waals surface area contributed by atoms with E-state index in [1.807, 2.05) is 4.68 Å². The average Bonchev–Trinajstić information content (AvgIpc) is 3.06. The topological polar surface area (TPSA) is 96.3 Å². The number of rotatable bonds is 6. The van der Waals surface area contributed by atoms with E-state index in [1.54, 1.807) is 11.9 Å². The van der Waals surface area contributed by atoms with Crippen LogP contribution in [0.3, 0.4) is 0 Å². The summed E-state index contributed by atoms with van der Waals surface area (Å²) in [5.41, 5.74) is 2.17. The highest BCUT2D eigenvalue weighted by molar-refractivity contribution is 5.94. The average molecular weight is 390 g/mol. The minimum atomic E-state index is -0.248. The van der Waals surface area contributed by atoms with Crippen molar-refractivity contribution in [1.29, 1.82) is 0 Å². The second-order valence-electron chi connectivity index (χ2n) is 7.82. The van der Waals surface area contributed by atoms with Gasteiger partial charge in [0, 0.05) is 57.7 Å². The fourth-order valence-corrected chi connectivity index (χ4v) is 4.27. The Hall–Kier alpha value is -2.38. The van der Waals surface area contributed by atoms with Gasteiger partial charge in [0.05, 0.1) is 6.54 Å². The molecular weight excluding hydrogens is 358 g/mol. The van der Waals surface area contributed by atoms with E-state index in [0.717, 1.165) is 24.1 Å². The van der Waals surface area contributed by atoms with Gasteiger partial charge in [0.25, 0.3) is 5.91 Å². The van der Waals surface area contributed by atoms with Crippen molar-refractivity contribution in [2.75, 3.05) is 20.1 Å². The number of nitrogens with one attached hydrogen (secondary N) is 2. The van der Waals surface area contributed by atoms with Crippen LogP contribution < -0.4 is 10.6 Å². The van der Waals surface area contributed by atoms with Gasteiger partial charge in [-0.25, -0.2) is 0 Å². The predicted octanol–water partition coefficient (Wildman–Crippen LogP) is 1.23. The van der Waals surface area contributed by atoms with Gasteiger partial charge in [0.1, 0.15) is 0 Å². The maximum absolute atomic E-state index is 12.2. The van der Waals surface area contributed by atoms with Gasteiger partial charge in [0.15, 0.2) is 5.69 Å². The summed E-state index contributed by atoms with van der Waals surface area (Å²) in [6.45, 7) is 3.58. The van der Waals surface area contributed by atoms with E-state index in [2.05, 4.69) is 15.7 Å². The highest BCUT2D eigenvalue weighted by Crippen LogP contribution is 2.26. The van der Waals surface area contributed by atoms with Gasteiger partial charge >= 0.3 is 0 Å². The van der Waals surface area contributed by atoms with E-state index in [1.165, 1.54) is 26.2 Å². The number of aromatic nitrogens is 2. The maximum atomic E-state index is 12.2. The molecule has 3 rings (SSSR count). The van der Waals surface area contributed by atoms with Gasteiger partial charge in [-0.1, -0.05) is 19.3 Å². The second-order valence-corrected chi connectivity index (χ2v) is 7.82. The number of nitrogens with zero attached hydrogens (tertiary/aromatic N) is 3. The smallest absolute Gasteiger partial charge is 0.271 e. The van der Waals surface area contributed by atoms with E-state index >= 15 is 0 Å². The molecule has 2 N–H and O–H groups in total. The van der Waals surface area contributed by atoms with Crippen LogP contribution in [0.2, 0.25) is 0 Å². The summed E-state index contributed by atoms with van der Waals surface area (Å²) in [6.07, 6.45) is 7.33. The van der Waals surface area contributed by atoms with E-state index in [-0.39, 0.29) is 17.7 Å². The first kappa shape index (κ1) is 20.4. The highest BCUT2D eigenvalue weighted by atomic mass is 16.2. The molecule has 154 valence electrons. The first-order chi connectivity index (χ1) is 13.5. The van der Waals surface area contributed by atoms with Crippen molar-refractivity contribution in [1.82, 2.24) is 25.3 Å². The van der Waals surface area contributed by atoms with Gasteiger partial charge < -0.3 is 15.5 Å².